The van der Waals surface area contributed by atoms with Crippen LogP contribution in [-0.4, -0.2) is 30.3 Å². The van der Waals surface area contributed by atoms with E-state index in [1.165, 1.54) is 0 Å². The predicted octanol–water partition coefficient (Wildman–Crippen LogP) is -0.886. The molecule has 0 aliphatic heterocycles. The second-order valence-corrected chi connectivity index (χ2v) is 2.62. The monoisotopic (exact) mass is 274 g/mol. The summed E-state index contributed by atoms with van der Waals surface area (Å²) in [6.07, 6.45) is -19.1. The second-order valence-electron chi connectivity index (χ2n) is 2.62. The van der Waals surface area contributed by atoms with E-state index in [0.717, 1.165) is 0 Å². The molecule has 12 heteroatoms. The van der Waals surface area contributed by atoms with Gasteiger partial charge >= 0.3 is 43.1 Å². The van der Waals surface area contributed by atoms with Crippen molar-refractivity contribution in [1.82, 2.24) is 0 Å². The molecule has 0 saturated heterocycles. The van der Waals surface area contributed by atoms with Crippen molar-refractivity contribution < 1.29 is 67.9 Å². The van der Waals surface area contributed by atoms with Crippen molar-refractivity contribution in [3.8, 4) is 0 Å². The number of hydrogen-bond donors (Lipinski definition) is 0. The molecule has 0 heterocycles. The molecule has 0 aromatic rings. The average Bonchev–Trinajstić information content (AvgIpc) is 1.98. The van der Waals surface area contributed by atoms with Crippen molar-refractivity contribution in [1.29, 1.82) is 0 Å². The number of halogens is 10. The van der Waals surface area contributed by atoms with E-state index in [1.807, 2.05) is 0 Å². The van der Waals surface area contributed by atoms with Gasteiger partial charge in [0.15, 0.2) is 0 Å². The van der Waals surface area contributed by atoms with E-state index in [9.17, 15) is 49.0 Å². The molecule has 0 aliphatic carbocycles. The molecule has 0 aromatic heterocycles. The third-order valence-electron chi connectivity index (χ3n) is 1.41. The van der Waals surface area contributed by atoms with Gasteiger partial charge in [-0.2, -0.15) is 43.9 Å². The summed E-state index contributed by atoms with van der Waals surface area (Å²) < 4.78 is 116. The SMILES string of the molecule is [Li+].[O-]C(C(F)(F)C(F)(F)F)C(F)(F)C(F)(F)F. The minimum atomic E-state index is -6.78. The smallest absolute Gasteiger partial charge is 0.843 e. The molecule has 0 N–H and O–H groups in total. The van der Waals surface area contributed by atoms with Gasteiger partial charge in [0.05, 0.1) is 0 Å². The van der Waals surface area contributed by atoms with E-state index in [0.29, 0.717) is 0 Å². The van der Waals surface area contributed by atoms with Gasteiger partial charge < -0.3 is 5.11 Å². The molecule has 98 valence electrons. The molecule has 0 saturated carbocycles. The summed E-state index contributed by atoms with van der Waals surface area (Å²) in [4.78, 5) is 0. The first-order valence-corrected chi connectivity index (χ1v) is 3.20. The van der Waals surface area contributed by atoms with Gasteiger partial charge in [0, 0.05) is 6.10 Å². The summed E-state index contributed by atoms with van der Waals surface area (Å²) in [5.74, 6) is -13.4. The Hall–Kier alpha value is -0.143. The molecule has 17 heavy (non-hydrogen) atoms. The molecular formula is C5HF10LiO. The van der Waals surface area contributed by atoms with E-state index in [2.05, 4.69) is 0 Å². The van der Waals surface area contributed by atoms with Crippen molar-refractivity contribution in [2.75, 3.05) is 0 Å². The summed E-state index contributed by atoms with van der Waals surface area (Å²) in [6.45, 7) is 0. The molecule has 0 aliphatic rings. The van der Waals surface area contributed by atoms with Crippen molar-refractivity contribution in [2.45, 2.75) is 30.3 Å². The van der Waals surface area contributed by atoms with Gasteiger partial charge in [0.2, 0.25) is 0 Å². The largest absolute Gasteiger partial charge is 1.00 e. The minimum absolute atomic E-state index is 0. The fraction of sp³-hybridized carbons (Fsp3) is 1.00. The first kappa shape index (κ1) is 19.2. The van der Waals surface area contributed by atoms with Crippen LogP contribution in [0.15, 0.2) is 0 Å². The summed E-state index contributed by atoms with van der Waals surface area (Å²) >= 11 is 0. The molecule has 0 bridgehead atoms. The Labute approximate surface area is 98.9 Å². The summed E-state index contributed by atoms with van der Waals surface area (Å²) in [5.41, 5.74) is 0. The fourth-order valence-corrected chi connectivity index (χ4v) is 0.525. The molecule has 0 fully saturated rings. The van der Waals surface area contributed by atoms with Crippen molar-refractivity contribution >= 4 is 0 Å². The van der Waals surface area contributed by atoms with Crippen LogP contribution in [0.25, 0.3) is 0 Å². The van der Waals surface area contributed by atoms with Crippen LogP contribution in [0.1, 0.15) is 0 Å². The summed E-state index contributed by atoms with van der Waals surface area (Å²) in [6, 6.07) is 0. The number of rotatable bonds is 2. The van der Waals surface area contributed by atoms with Gasteiger partial charge in [0.25, 0.3) is 0 Å². The molecule has 1 nitrogen and oxygen atoms in total. The van der Waals surface area contributed by atoms with Crippen LogP contribution in [-0.2, 0) is 0 Å². The average molecular weight is 274 g/mol. The van der Waals surface area contributed by atoms with Crippen LogP contribution in [0.2, 0.25) is 0 Å². The molecule has 0 amide bonds. The first-order chi connectivity index (χ1) is 6.65. The van der Waals surface area contributed by atoms with Gasteiger partial charge in [0.1, 0.15) is 0 Å². The topological polar surface area (TPSA) is 23.1 Å². The molecule has 0 spiro atoms. The maximum absolute atomic E-state index is 11.9. The first-order valence-electron chi connectivity index (χ1n) is 3.20. The predicted molar refractivity (Wildman–Crippen MR) is 25.8 cm³/mol. The Morgan fingerprint density at radius 2 is 0.765 bits per heavy atom. The van der Waals surface area contributed by atoms with Gasteiger partial charge in [-0.05, 0) is 0 Å². The van der Waals surface area contributed by atoms with E-state index in [1.54, 1.807) is 0 Å². The van der Waals surface area contributed by atoms with Crippen LogP contribution < -0.4 is 24.0 Å². The second kappa shape index (κ2) is 4.85. The van der Waals surface area contributed by atoms with E-state index in [-0.39, 0.29) is 18.9 Å². The van der Waals surface area contributed by atoms with Gasteiger partial charge in [-0.25, -0.2) is 0 Å². The van der Waals surface area contributed by atoms with Crippen molar-refractivity contribution in [3.63, 3.8) is 0 Å². The van der Waals surface area contributed by atoms with Crippen LogP contribution >= 0.6 is 0 Å². The summed E-state index contributed by atoms with van der Waals surface area (Å²) in [7, 11) is 0. The Morgan fingerprint density at radius 1 is 0.588 bits per heavy atom. The Bertz CT molecular complexity index is 228. The zero-order chi connectivity index (χ0) is 13.6. The Kier molecular flexibility index (Phi) is 5.48. The number of hydrogen-bond acceptors (Lipinski definition) is 1. The Morgan fingerprint density at radius 3 is 0.882 bits per heavy atom. The normalized spacial score (nSPS) is 14.8. The Balaban J connectivity index is 0. The molecular weight excluding hydrogens is 273 g/mol. The zero-order valence-electron chi connectivity index (χ0n) is 7.77. The van der Waals surface area contributed by atoms with Crippen LogP contribution in [0.3, 0.4) is 0 Å². The van der Waals surface area contributed by atoms with Crippen LogP contribution in [0.5, 0.6) is 0 Å². The maximum Gasteiger partial charge on any atom is 1.00 e. The minimum Gasteiger partial charge on any atom is -0.843 e. The summed E-state index contributed by atoms with van der Waals surface area (Å²) in [5, 5.41) is 9.92. The molecule has 0 rings (SSSR count). The zero-order valence-corrected chi connectivity index (χ0v) is 7.77. The molecule has 0 unspecified atom stereocenters. The van der Waals surface area contributed by atoms with E-state index in [4.69, 9.17) is 0 Å². The number of alkyl halides is 10. The van der Waals surface area contributed by atoms with Gasteiger partial charge in [-0.15, -0.1) is 0 Å². The van der Waals surface area contributed by atoms with Crippen LogP contribution in [0.4, 0.5) is 43.9 Å². The maximum atomic E-state index is 11.9. The van der Waals surface area contributed by atoms with Crippen molar-refractivity contribution in [3.05, 3.63) is 0 Å². The standard InChI is InChI=1S/C5HF10O.Li/c6-2(7,4(10,11)12)1(16)3(8,9)5(13,14)15;/h1H;/q-1;+1. The fourth-order valence-electron chi connectivity index (χ4n) is 0.525. The van der Waals surface area contributed by atoms with E-state index < -0.39 is 30.3 Å². The molecule has 0 atom stereocenters. The molecule has 0 radical (unpaired) electrons. The van der Waals surface area contributed by atoms with Crippen LogP contribution in [0, 0.1) is 0 Å². The molecule has 0 aromatic carbocycles. The third-order valence-corrected chi connectivity index (χ3v) is 1.41. The quantitative estimate of drug-likeness (QED) is 0.473. The van der Waals surface area contributed by atoms with E-state index >= 15 is 0 Å². The third kappa shape index (κ3) is 3.42. The van der Waals surface area contributed by atoms with Gasteiger partial charge in [-0.3, -0.25) is 0 Å². The van der Waals surface area contributed by atoms with Crippen molar-refractivity contribution in [2.24, 2.45) is 0 Å². The van der Waals surface area contributed by atoms with Gasteiger partial charge in [-0.1, -0.05) is 0 Å².